The lowest BCUT2D eigenvalue weighted by atomic mass is 9.68. The van der Waals surface area contributed by atoms with Gasteiger partial charge in [0, 0.05) is 17.9 Å². The van der Waals surface area contributed by atoms with Crippen LogP contribution in [0.3, 0.4) is 0 Å². The Morgan fingerprint density at radius 2 is 1.61 bits per heavy atom. The number of hydrazine groups is 1. The molecule has 2 amide bonds. The molecule has 5 nitrogen and oxygen atoms in total. The van der Waals surface area contributed by atoms with E-state index >= 15 is 0 Å². The maximum atomic E-state index is 12.5. The van der Waals surface area contributed by atoms with Crippen LogP contribution < -0.4 is 5.43 Å². The first-order valence-electron chi connectivity index (χ1n) is 8.41. The molecule has 1 aromatic rings. The van der Waals surface area contributed by atoms with Gasteiger partial charge in [-0.05, 0) is 37.8 Å². The Morgan fingerprint density at radius 3 is 2.22 bits per heavy atom. The minimum atomic E-state index is -0.381. The van der Waals surface area contributed by atoms with E-state index < -0.39 is 0 Å². The van der Waals surface area contributed by atoms with E-state index in [1.807, 2.05) is 0 Å². The number of carbonyl (C=O) groups excluding carboxylic acids is 3. The minimum Gasteiger partial charge on any atom is -0.299 e. The van der Waals surface area contributed by atoms with E-state index in [1.54, 1.807) is 24.3 Å². The number of hydrogen-bond donors (Lipinski definition) is 1. The smallest absolute Gasteiger partial charge is 0.276 e. The van der Waals surface area contributed by atoms with E-state index in [4.69, 9.17) is 0 Å². The second-order valence-corrected chi connectivity index (χ2v) is 6.85. The fourth-order valence-electron chi connectivity index (χ4n) is 4.48. The fourth-order valence-corrected chi connectivity index (χ4v) is 4.48. The molecule has 1 spiro atoms. The average molecular weight is 312 g/mol. The van der Waals surface area contributed by atoms with Crippen LogP contribution in [0.1, 0.15) is 65.7 Å². The lowest BCUT2D eigenvalue weighted by molar-refractivity contribution is -0.129. The predicted molar refractivity (Wildman–Crippen MR) is 83.6 cm³/mol. The first-order chi connectivity index (χ1) is 11.1. The molecule has 1 aromatic carbocycles. The van der Waals surface area contributed by atoms with Crippen molar-refractivity contribution in [2.24, 2.45) is 5.41 Å². The van der Waals surface area contributed by atoms with Crippen LogP contribution in [0.15, 0.2) is 24.3 Å². The summed E-state index contributed by atoms with van der Waals surface area (Å²) in [6.45, 7) is 0. The molecular formula is C18H20N2O3. The van der Waals surface area contributed by atoms with E-state index in [-0.39, 0.29) is 23.3 Å². The molecule has 120 valence electrons. The average Bonchev–Trinajstić information content (AvgIpc) is 3.04. The SMILES string of the molecule is O=C1c2ccccc2C(=O)N1N[C@H]1CCCC[C@]12CCCC2=O. The number of rotatable bonds is 2. The number of ketones is 1. The number of fused-ring (bicyclic) bond motifs is 1. The summed E-state index contributed by atoms with van der Waals surface area (Å²) in [5.74, 6) is -0.320. The van der Waals surface area contributed by atoms with Gasteiger partial charge in [-0.1, -0.05) is 25.0 Å². The van der Waals surface area contributed by atoms with Gasteiger partial charge in [0.1, 0.15) is 5.78 Å². The number of amides is 2. The molecule has 2 saturated carbocycles. The van der Waals surface area contributed by atoms with Gasteiger partial charge in [0.05, 0.1) is 11.1 Å². The van der Waals surface area contributed by atoms with Gasteiger partial charge in [-0.3, -0.25) is 14.4 Å². The number of hydrogen-bond acceptors (Lipinski definition) is 4. The summed E-state index contributed by atoms with van der Waals surface area (Å²) < 4.78 is 0. The second-order valence-electron chi connectivity index (χ2n) is 6.85. The van der Waals surface area contributed by atoms with Crippen molar-refractivity contribution in [3.8, 4) is 0 Å². The molecule has 2 atom stereocenters. The van der Waals surface area contributed by atoms with Crippen LogP contribution in [0, 0.1) is 5.41 Å². The summed E-state index contributed by atoms with van der Waals surface area (Å²) in [5, 5.41) is 1.13. The number of benzene rings is 1. The monoisotopic (exact) mass is 312 g/mol. The lowest BCUT2D eigenvalue weighted by Crippen LogP contribution is -2.57. The molecule has 1 heterocycles. The second kappa shape index (κ2) is 5.27. The fraction of sp³-hybridized carbons (Fsp3) is 0.500. The standard InChI is InChI=1S/C18H20N2O3/c21-15-9-5-11-18(15)10-4-3-8-14(18)19-20-16(22)12-6-1-2-7-13(12)17(20)23/h1-2,6-7,14,19H,3-5,8-11H2/t14-,18-/m0/s1. The Hall–Kier alpha value is -2.01. The molecule has 0 aromatic heterocycles. The zero-order chi connectivity index (χ0) is 16.0. The quantitative estimate of drug-likeness (QED) is 0.852. The van der Waals surface area contributed by atoms with Gasteiger partial charge < -0.3 is 0 Å². The van der Waals surface area contributed by atoms with Gasteiger partial charge in [-0.2, -0.15) is 0 Å². The van der Waals surface area contributed by atoms with Crippen molar-refractivity contribution in [1.82, 2.24) is 10.4 Å². The molecular weight excluding hydrogens is 292 g/mol. The number of imide groups is 1. The summed E-state index contributed by atoms with van der Waals surface area (Å²) in [6, 6.07) is 6.75. The molecule has 2 aliphatic carbocycles. The molecule has 0 unspecified atom stereocenters. The van der Waals surface area contributed by atoms with Gasteiger partial charge in [-0.15, -0.1) is 0 Å². The van der Waals surface area contributed by atoms with Crippen LogP contribution in [-0.2, 0) is 4.79 Å². The van der Waals surface area contributed by atoms with Crippen LogP contribution >= 0.6 is 0 Å². The van der Waals surface area contributed by atoms with Crippen molar-refractivity contribution in [2.75, 3.05) is 0 Å². The van der Waals surface area contributed by atoms with Gasteiger partial charge in [0.2, 0.25) is 0 Å². The number of Topliss-reactive ketones (excluding diaryl/α,β-unsaturated/α-hetero) is 1. The maximum Gasteiger partial charge on any atom is 0.276 e. The molecule has 4 rings (SSSR count). The van der Waals surface area contributed by atoms with Gasteiger partial charge >= 0.3 is 0 Å². The van der Waals surface area contributed by atoms with Gasteiger partial charge in [0.25, 0.3) is 11.8 Å². The van der Waals surface area contributed by atoms with E-state index in [9.17, 15) is 14.4 Å². The first-order valence-corrected chi connectivity index (χ1v) is 8.41. The van der Waals surface area contributed by atoms with Crippen molar-refractivity contribution >= 4 is 17.6 Å². The van der Waals surface area contributed by atoms with Gasteiger partial charge in [0.15, 0.2) is 0 Å². The topological polar surface area (TPSA) is 66.5 Å². The van der Waals surface area contributed by atoms with Crippen LogP contribution in [0.25, 0.3) is 0 Å². The summed E-state index contributed by atoms with van der Waals surface area (Å²) in [7, 11) is 0. The molecule has 5 heteroatoms. The van der Waals surface area contributed by atoms with E-state index in [0.717, 1.165) is 43.5 Å². The third kappa shape index (κ3) is 2.06. The molecule has 1 aliphatic heterocycles. The summed E-state index contributed by atoms with van der Waals surface area (Å²) in [5.41, 5.74) is 3.63. The highest BCUT2D eigenvalue weighted by Crippen LogP contribution is 2.47. The summed E-state index contributed by atoms with van der Waals surface area (Å²) in [6.07, 6.45) is 6.18. The molecule has 3 aliphatic rings. The van der Waals surface area contributed by atoms with E-state index in [1.165, 1.54) is 0 Å². The van der Waals surface area contributed by atoms with Crippen LogP contribution in [-0.4, -0.2) is 28.6 Å². The highest BCUT2D eigenvalue weighted by Gasteiger charge is 2.51. The molecule has 0 radical (unpaired) electrons. The van der Waals surface area contributed by atoms with Gasteiger partial charge in [-0.25, -0.2) is 10.4 Å². The largest absolute Gasteiger partial charge is 0.299 e. The molecule has 1 N–H and O–H groups in total. The third-order valence-corrected chi connectivity index (χ3v) is 5.69. The molecule has 0 bridgehead atoms. The zero-order valence-electron chi connectivity index (χ0n) is 13.0. The van der Waals surface area contributed by atoms with E-state index in [2.05, 4.69) is 5.43 Å². The van der Waals surface area contributed by atoms with Crippen molar-refractivity contribution in [2.45, 2.75) is 51.0 Å². The summed E-state index contributed by atoms with van der Waals surface area (Å²) >= 11 is 0. The zero-order valence-corrected chi connectivity index (χ0v) is 13.0. The molecule has 23 heavy (non-hydrogen) atoms. The van der Waals surface area contributed by atoms with Crippen molar-refractivity contribution in [3.63, 3.8) is 0 Å². The highest BCUT2D eigenvalue weighted by atomic mass is 16.2. The Morgan fingerprint density at radius 1 is 0.957 bits per heavy atom. The number of nitrogens with zero attached hydrogens (tertiary/aromatic N) is 1. The highest BCUT2D eigenvalue weighted by molar-refractivity contribution is 6.21. The lowest BCUT2D eigenvalue weighted by Gasteiger charge is -2.41. The molecule has 0 saturated heterocycles. The van der Waals surface area contributed by atoms with Crippen LogP contribution in [0.2, 0.25) is 0 Å². The third-order valence-electron chi connectivity index (χ3n) is 5.69. The maximum absolute atomic E-state index is 12.5. The Balaban J connectivity index is 1.62. The van der Waals surface area contributed by atoms with Crippen molar-refractivity contribution in [3.05, 3.63) is 35.4 Å². The van der Waals surface area contributed by atoms with Crippen molar-refractivity contribution in [1.29, 1.82) is 0 Å². The van der Waals surface area contributed by atoms with Crippen molar-refractivity contribution < 1.29 is 14.4 Å². The Kier molecular flexibility index (Phi) is 3.34. The van der Waals surface area contributed by atoms with Crippen LogP contribution in [0.4, 0.5) is 0 Å². The van der Waals surface area contributed by atoms with Crippen LogP contribution in [0.5, 0.6) is 0 Å². The Bertz CT molecular complexity index is 664. The number of carbonyl (C=O) groups is 3. The summed E-state index contributed by atoms with van der Waals surface area (Å²) in [4.78, 5) is 37.5. The number of nitrogens with one attached hydrogen (secondary N) is 1. The normalized spacial score (nSPS) is 30.3. The van der Waals surface area contributed by atoms with E-state index in [0.29, 0.717) is 23.3 Å². The minimum absolute atomic E-state index is 0.117. The predicted octanol–water partition coefficient (Wildman–Crippen LogP) is 2.47. The Labute approximate surface area is 135 Å². The first kappa shape index (κ1) is 14.6. The molecule has 2 fully saturated rings.